The molecule has 0 aliphatic carbocycles. The second kappa shape index (κ2) is 12.7. The number of hydrogen-bond acceptors (Lipinski definition) is 4. The number of furan rings is 1. The van der Waals surface area contributed by atoms with Crippen molar-refractivity contribution >= 4 is 65.9 Å². The Bertz CT molecular complexity index is 3170. The summed E-state index contributed by atoms with van der Waals surface area (Å²) in [7, 11) is 0. The topological polar surface area (TPSA) is 49.9 Å². The van der Waals surface area contributed by atoms with E-state index < -0.39 is 0 Å². The van der Waals surface area contributed by atoms with Gasteiger partial charge in [0.25, 0.3) is 0 Å². The van der Waals surface area contributed by atoms with Crippen LogP contribution in [-0.4, -0.2) is 11.7 Å². The fraction of sp³-hybridized carbons (Fsp3) is 0.0196. The number of rotatable bonds is 5. The fourth-order valence-corrected chi connectivity index (χ4v) is 8.19. The molecular weight excluding hydrogens is 671 g/mol. The minimum atomic E-state index is -0.389. The second-order valence-corrected chi connectivity index (χ2v) is 14.2. The first-order valence-electron chi connectivity index (χ1n) is 18.7. The molecule has 11 rings (SSSR count). The molecule has 258 valence electrons. The van der Waals surface area contributed by atoms with E-state index in [1.807, 2.05) is 18.2 Å². The summed E-state index contributed by atoms with van der Waals surface area (Å²) in [6.45, 7) is 0. The van der Waals surface area contributed by atoms with E-state index in [9.17, 15) is 0 Å². The van der Waals surface area contributed by atoms with Crippen LogP contribution in [0.5, 0.6) is 0 Å². The van der Waals surface area contributed by atoms with Crippen molar-refractivity contribution in [2.75, 3.05) is 0 Å². The third-order valence-corrected chi connectivity index (χ3v) is 10.9. The van der Waals surface area contributed by atoms with Gasteiger partial charge in [0.05, 0.1) is 0 Å². The third-order valence-electron chi connectivity index (χ3n) is 10.9. The lowest BCUT2D eigenvalue weighted by molar-refractivity contribution is 0.668. The molecular formula is C51H33N3O. The predicted octanol–water partition coefficient (Wildman–Crippen LogP) is 12.9. The number of hydrogen-bond donors (Lipinski definition) is 1. The first kappa shape index (κ1) is 31.2. The monoisotopic (exact) mass is 703 g/mol. The van der Waals surface area contributed by atoms with Crippen molar-refractivity contribution in [3.05, 3.63) is 205 Å². The Balaban J connectivity index is 1.15. The van der Waals surface area contributed by atoms with Crippen LogP contribution in [0.1, 0.15) is 22.9 Å². The molecule has 10 aromatic rings. The summed E-state index contributed by atoms with van der Waals surface area (Å²) in [6.07, 6.45) is -0.389. The molecule has 0 radical (unpaired) electrons. The molecule has 9 aromatic carbocycles. The minimum Gasteiger partial charge on any atom is -0.456 e. The molecule has 2 heterocycles. The number of aliphatic imine (C=N–C) groups is 2. The lowest BCUT2D eigenvalue weighted by Gasteiger charge is -2.25. The lowest BCUT2D eigenvalue weighted by atomic mass is 9.95. The predicted molar refractivity (Wildman–Crippen MR) is 229 cm³/mol. The highest BCUT2D eigenvalue weighted by atomic mass is 16.3. The van der Waals surface area contributed by atoms with E-state index in [1.165, 1.54) is 32.7 Å². The van der Waals surface area contributed by atoms with Crippen molar-refractivity contribution in [3.8, 4) is 22.3 Å². The normalized spacial score (nSPS) is 14.4. The zero-order valence-corrected chi connectivity index (χ0v) is 29.8. The Labute approximate surface area is 317 Å². The quantitative estimate of drug-likeness (QED) is 0.181. The maximum Gasteiger partial charge on any atom is 0.160 e. The van der Waals surface area contributed by atoms with Crippen molar-refractivity contribution in [1.29, 1.82) is 0 Å². The number of nitrogens with one attached hydrogen (secondary N) is 1. The number of nitrogens with zero attached hydrogens (tertiary/aromatic N) is 2. The maximum atomic E-state index is 6.60. The molecule has 1 aliphatic heterocycles. The molecule has 0 amide bonds. The Morgan fingerprint density at radius 2 is 1.05 bits per heavy atom. The average Bonchev–Trinajstić information content (AvgIpc) is 3.64. The van der Waals surface area contributed by atoms with E-state index in [2.05, 4.69) is 175 Å². The molecule has 0 bridgehead atoms. The van der Waals surface area contributed by atoms with Gasteiger partial charge in [-0.1, -0.05) is 158 Å². The molecule has 1 aliphatic rings. The number of amidine groups is 2. The lowest BCUT2D eigenvalue weighted by Crippen LogP contribution is -2.33. The summed E-state index contributed by atoms with van der Waals surface area (Å²) in [5.74, 6) is 1.44. The van der Waals surface area contributed by atoms with Crippen LogP contribution >= 0.6 is 0 Å². The van der Waals surface area contributed by atoms with Gasteiger partial charge in [-0.05, 0) is 90.5 Å². The molecule has 0 fully saturated rings. The first-order chi connectivity index (χ1) is 27.2. The van der Waals surface area contributed by atoms with Gasteiger partial charge in [0.2, 0.25) is 0 Å². The van der Waals surface area contributed by atoms with Gasteiger partial charge in [0.1, 0.15) is 23.2 Å². The largest absolute Gasteiger partial charge is 0.456 e. The Hall–Kier alpha value is -7.30. The van der Waals surface area contributed by atoms with E-state index in [0.29, 0.717) is 5.84 Å². The summed E-state index contributed by atoms with van der Waals surface area (Å²) < 4.78 is 6.60. The maximum absolute atomic E-state index is 6.60. The molecule has 55 heavy (non-hydrogen) atoms. The second-order valence-electron chi connectivity index (χ2n) is 14.2. The van der Waals surface area contributed by atoms with Crippen molar-refractivity contribution in [2.45, 2.75) is 6.17 Å². The number of para-hydroxylation sites is 1. The van der Waals surface area contributed by atoms with Crippen LogP contribution in [0.2, 0.25) is 0 Å². The van der Waals surface area contributed by atoms with Crippen LogP contribution in [0.4, 0.5) is 0 Å². The molecule has 0 saturated carbocycles. The molecule has 0 spiro atoms. The molecule has 1 N–H and O–H groups in total. The summed E-state index contributed by atoms with van der Waals surface area (Å²) in [6, 6.07) is 66.4. The highest BCUT2D eigenvalue weighted by Crippen LogP contribution is 2.38. The smallest absolute Gasteiger partial charge is 0.160 e. The number of fused-ring (bicyclic) bond motifs is 7. The van der Waals surface area contributed by atoms with Gasteiger partial charge in [0, 0.05) is 21.9 Å². The average molecular weight is 704 g/mol. The van der Waals surface area contributed by atoms with Crippen molar-refractivity contribution in [2.24, 2.45) is 9.98 Å². The van der Waals surface area contributed by atoms with Gasteiger partial charge in [-0.25, -0.2) is 9.98 Å². The van der Waals surface area contributed by atoms with Crippen LogP contribution in [0.25, 0.3) is 76.5 Å². The van der Waals surface area contributed by atoms with E-state index >= 15 is 0 Å². The summed E-state index contributed by atoms with van der Waals surface area (Å²) in [4.78, 5) is 10.9. The van der Waals surface area contributed by atoms with E-state index in [0.717, 1.165) is 66.4 Å². The fourth-order valence-electron chi connectivity index (χ4n) is 8.19. The van der Waals surface area contributed by atoms with Gasteiger partial charge < -0.3 is 9.73 Å². The summed E-state index contributed by atoms with van der Waals surface area (Å²) >= 11 is 0. The van der Waals surface area contributed by atoms with Gasteiger partial charge >= 0.3 is 0 Å². The molecule has 0 saturated heterocycles. The van der Waals surface area contributed by atoms with Gasteiger partial charge in [-0.3, -0.25) is 0 Å². The van der Waals surface area contributed by atoms with Crippen LogP contribution in [0.15, 0.2) is 202 Å². The molecule has 1 atom stereocenters. The minimum absolute atomic E-state index is 0.389. The number of benzene rings is 9. The molecule has 1 unspecified atom stereocenters. The first-order valence-corrected chi connectivity index (χ1v) is 18.7. The van der Waals surface area contributed by atoms with Gasteiger partial charge in [-0.15, -0.1) is 0 Å². The molecule has 4 heteroatoms. The third kappa shape index (κ3) is 5.38. The Kier molecular flexibility index (Phi) is 7.20. The Morgan fingerprint density at radius 1 is 0.418 bits per heavy atom. The Morgan fingerprint density at radius 3 is 1.87 bits per heavy atom. The zero-order chi connectivity index (χ0) is 36.3. The van der Waals surface area contributed by atoms with E-state index in [-0.39, 0.29) is 6.17 Å². The van der Waals surface area contributed by atoms with E-state index in [4.69, 9.17) is 14.4 Å². The highest BCUT2D eigenvalue weighted by Gasteiger charge is 2.26. The summed E-state index contributed by atoms with van der Waals surface area (Å²) in [5.41, 5.74) is 9.16. The molecule has 4 nitrogen and oxygen atoms in total. The van der Waals surface area contributed by atoms with Crippen LogP contribution in [0.3, 0.4) is 0 Å². The van der Waals surface area contributed by atoms with Crippen LogP contribution in [-0.2, 0) is 0 Å². The van der Waals surface area contributed by atoms with Gasteiger partial charge in [0.15, 0.2) is 5.84 Å². The van der Waals surface area contributed by atoms with Gasteiger partial charge in [-0.2, -0.15) is 0 Å². The van der Waals surface area contributed by atoms with Crippen molar-refractivity contribution in [1.82, 2.24) is 5.32 Å². The standard InChI is InChI=1S/C51H33N3O/c1-2-12-32(13-3-1)34-22-24-35(25-23-34)39-30-45(48-43-20-10-11-21-46(43)55-47(48)31-39)51-53-49(38-27-26-33-14-4-5-15-36(33)28-38)52-50(54-51)44-29-37-16-6-7-17-40(37)41-18-8-9-19-42(41)44/h1-31,49H,(H,52,53,54). The van der Waals surface area contributed by atoms with Crippen molar-refractivity contribution in [3.63, 3.8) is 0 Å². The highest BCUT2D eigenvalue weighted by molar-refractivity contribution is 6.25. The van der Waals surface area contributed by atoms with Crippen molar-refractivity contribution < 1.29 is 4.42 Å². The molecule has 1 aromatic heterocycles. The van der Waals surface area contributed by atoms with Crippen LogP contribution < -0.4 is 5.32 Å². The SMILES string of the molecule is c1ccc(-c2ccc(-c3cc(C4=NC(c5ccc6ccccc6c5)NC(c5cc6ccccc6c6ccccc56)=N4)c4c(c3)oc3ccccc34)cc2)cc1. The summed E-state index contributed by atoms with van der Waals surface area (Å²) in [5, 5.41) is 12.9. The zero-order valence-electron chi connectivity index (χ0n) is 29.8. The van der Waals surface area contributed by atoms with Crippen LogP contribution in [0, 0.1) is 0 Å². The van der Waals surface area contributed by atoms with E-state index in [1.54, 1.807) is 0 Å².